The van der Waals surface area contributed by atoms with Crippen molar-refractivity contribution in [3.8, 4) is 5.69 Å². The van der Waals surface area contributed by atoms with Gasteiger partial charge >= 0.3 is 0 Å². The maximum absolute atomic E-state index is 5.43. The Kier molecular flexibility index (Phi) is 4.07. The molecule has 0 saturated carbocycles. The first-order valence-corrected chi connectivity index (χ1v) is 7.75. The molecule has 0 aliphatic carbocycles. The second kappa shape index (κ2) is 5.99. The lowest BCUT2D eigenvalue weighted by atomic mass is 10.3. The molecule has 1 aromatic heterocycles. The van der Waals surface area contributed by atoms with Crippen molar-refractivity contribution in [3.63, 3.8) is 0 Å². The summed E-state index contributed by atoms with van der Waals surface area (Å²) in [6.07, 6.45) is 1.13. The molecular weight excluding hydrogens is 282 g/mol. The van der Waals surface area contributed by atoms with E-state index in [1.54, 1.807) is 0 Å². The zero-order valence-electron chi connectivity index (χ0n) is 12.5. The van der Waals surface area contributed by atoms with Gasteiger partial charge in [0.25, 0.3) is 0 Å². The summed E-state index contributed by atoms with van der Waals surface area (Å²) in [6, 6.07) is 10.6. The van der Waals surface area contributed by atoms with Crippen molar-refractivity contribution in [2.24, 2.45) is 0 Å². The lowest BCUT2D eigenvalue weighted by Gasteiger charge is -2.28. The fourth-order valence-corrected chi connectivity index (χ4v) is 3.19. The quantitative estimate of drug-likeness (QED) is 0.865. The summed E-state index contributed by atoms with van der Waals surface area (Å²) in [7, 11) is 2.17. The first-order valence-electron chi connectivity index (χ1n) is 7.35. The van der Waals surface area contributed by atoms with Crippen LogP contribution in [0.3, 0.4) is 0 Å². The summed E-state index contributed by atoms with van der Waals surface area (Å²) in [4.78, 5) is 4.72. The van der Waals surface area contributed by atoms with Crippen molar-refractivity contribution in [1.82, 2.24) is 19.7 Å². The number of benzene rings is 1. The third-order valence-electron chi connectivity index (χ3n) is 3.97. The molecule has 1 atom stereocenters. The highest BCUT2D eigenvalue weighted by molar-refractivity contribution is 7.71. The second-order valence-electron chi connectivity index (χ2n) is 5.66. The Morgan fingerprint density at radius 1 is 1.24 bits per heavy atom. The third kappa shape index (κ3) is 2.87. The van der Waals surface area contributed by atoms with E-state index < -0.39 is 0 Å². The van der Waals surface area contributed by atoms with E-state index in [1.807, 2.05) is 22.8 Å². The number of anilines is 1. The summed E-state index contributed by atoms with van der Waals surface area (Å²) in [5.41, 5.74) is 1.05. The van der Waals surface area contributed by atoms with Crippen LogP contribution in [0.2, 0.25) is 0 Å². The molecule has 5 nitrogen and oxygen atoms in total. The summed E-state index contributed by atoms with van der Waals surface area (Å²) in [5, 5.41) is 7.43. The average Bonchev–Trinajstić information content (AvgIpc) is 2.77. The van der Waals surface area contributed by atoms with Crippen LogP contribution in [0, 0.1) is 4.77 Å². The van der Waals surface area contributed by atoms with Crippen LogP contribution >= 0.6 is 12.2 Å². The van der Waals surface area contributed by atoms with Gasteiger partial charge in [-0.25, -0.2) is 5.10 Å². The molecular formula is C15H21N5S. The monoisotopic (exact) mass is 303 g/mol. The number of nitrogens with zero attached hydrogens (tertiary/aromatic N) is 4. The highest BCUT2D eigenvalue weighted by Gasteiger charge is 2.24. The average molecular weight is 303 g/mol. The van der Waals surface area contributed by atoms with Gasteiger partial charge < -0.3 is 9.80 Å². The van der Waals surface area contributed by atoms with Crippen molar-refractivity contribution in [3.05, 3.63) is 35.1 Å². The number of hydrogen-bond donors (Lipinski definition) is 1. The third-order valence-corrected chi connectivity index (χ3v) is 4.25. The molecule has 1 unspecified atom stereocenters. The van der Waals surface area contributed by atoms with Crippen LogP contribution in [0.4, 0.5) is 5.95 Å². The molecule has 0 radical (unpaired) electrons. The van der Waals surface area contributed by atoms with Crippen molar-refractivity contribution >= 4 is 18.2 Å². The van der Waals surface area contributed by atoms with E-state index in [4.69, 9.17) is 12.2 Å². The molecule has 3 rings (SSSR count). The number of hydrogen-bond acceptors (Lipinski definition) is 4. The van der Waals surface area contributed by atoms with Crippen LogP contribution in [-0.2, 0) is 0 Å². The largest absolute Gasteiger partial charge is 0.337 e. The number of likely N-dealkylation sites (N-methyl/N-ethyl adjacent to an activating group) is 1. The number of aromatic amines is 1. The number of para-hydroxylation sites is 1. The molecule has 1 N–H and O–H groups in total. The first kappa shape index (κ1) is 14.3. The fraction of sp³-hybridized carbons (Fsp3) is 0.467. The van der Waals surface area contributed by atoms with Gasteiger partial charge in [0.2, 0.25) is 10.7 Å². The molecule has 1 aliphatic rings. The van der Waals surface area contributed by atoms with E-state index in [1.165, 1.54) is 0 Å². The number of rotatable bonds is 2. The normalized spacial score (nSPS) is 20.5. The number of H-pyrrole nitrogens is 1. The lowest BCUT2D eigenvalue weighted by molar-refractivity contribution is 0.336. The molecule has 0 bridgehead atoms. The van der Waals surface area contributed by atoms with Gasteiger partial charge in [0.05, 0.1) is 5.69 Å². The topological polar surface area (TPSA) is 40.1 Å². The van der Waals surface area contributed by atoms with Gasteiger partial charge in [0.1, 0.15) is 0 Å². The van der Waals surface area contributed by atoms with Crippen LogP contribution < -0.4 is 4.90 Å². The van der Waals surface area contributed by atoms with Crippen molar-refractivity contribution < 1.29 is 0 Å². The van der Waals surface area contributed by atoms with Gasteiger partial charge in [-0.1, -0.05) is 18.2 Å². The molecule has 21 heavy (non-hydrogen) atoms. The molecule has 1 fully saturated rings. The Bertz CT molecular complexity index is 648. The molecule has 0 spiro atoms. The van der Waals surface area contributed by atoms with Crippen LogP contribution in [0.1, 0.15) is 13.3 Å². The van der Waals surface area contributed by atoms with Gasteiger partial charge in [0.15, 0.2) is 0 Å². The summed E-state index contributed by atoms with van der Waals surface area (Å²) in [6.45, 7) is 5.40. The predicted molar refractivity (Wildman–Crippen MR) is 87.7 cm³/mol. The van der Waals surface area contributed by atoms with Gasteiger partial charge in [-0.15, -0.1) is 5.10 Å². The standard InChI is InChI=1S/C15H21N5S/c1-12-11-18(2)9-6-10-19(12)14-16-17-15(21)20(14)13-7-4-3-5-8-13/h3-5,7-8,12H,6,9-11H2,1-2H3,(H,17,21). The Balaban J connectivity index is 2.01. The van der Waals surface area contributed by atoms with Crippen LogP contribution in [0.15, 0.2) is 30.3 Å². The van der Waals surface area contributed by atoms with Crippen molar-refractivity contribution in [2.75, 3.05) is 31.6 Å². The predicted octanol–water partition coefficient (Wildman–Crippen LogP) is 2.46. The Hall–Kier alpha value is -1.66. The molecule has 1 saturated heterocycles. The molecule has 1 aliphatic heterocycles. The zero-order valence-corrected chi connectivity index (χ0v) is 13.3. The van der Waals surface area contributed by atoms with E-state index in [9.17, 15) is 0 Å². The second-order valence-corrected chi connectivity index (χ2v) is 6.04. The number of nitrogens with one attached hydrogen (secondary N) is 1. The maximum Gasteiger partial charge on any atom is 0.230 e. The Labute approximate surface area is 130 Å². The van der Waals surface area contributed by atoms with E-state index >= 15 is 0 Å². The first-order chi connectivity index (χ1) is 10.2. The van der Waals surface area contributed by atoms with E-state index in [0.29, 0.717) is 10.8 Å². The minimum atomic E-state index is 0.408. The molecule has 2 aromatic rings. The fourth-order valence-electron chi connectivity index (χ4n) is 2.96. The Morgan fingerprint density at radius 2 is 2.00 bits per heavy atom. The van der Waals surface area contributed by atoms with Crippen molar-refractivity contribution in [2.45, 2.75) is 19.4 Å². The molecule has 0 amide bonds. The molecule has 112 valence electrons. The van der Waals surface area contributed by atoms with E-state index in [2.05, 4.69) is 46.1 Å². The summed E-state index contributed by atoms with van der Waals surface area (Å²) in [5.74, 6) is 0.911. The Morgan fingerprint density at radius 3 is 2.76 bits per heavy atom. The van der Waals surface area contributed by atoms with Crippen LogP contribution in [-0.4, -0.2) is 52.4 Å². The van der Waals surface area contributed by atoms with Gasteiger partial charge in [-0.05, 0) is 51.3 Å². The zero-order chi connectivity index (χ0) is 14.8. The molecule has 2 heterocycles. The lowest BCUT2D eigenvalue weighted by Crippen LogP contribution is -2.39. The van der Waals surface area contributed by atoms with E-state index in [0.717, 1.165) is 37.7 Å². The van der Waals surface area contributed by atoms with Gasteiger partial charge in [0, 0.05) is 19.1 Å². The minimum absolute atomic E-state index is 0.408. The highest BCUT2D eigenvalue weighted by Crippen LogP contribution is 2.22. The van der Waals surface area contributed by atoms with Crippen LogP contribution in [0.25, 0.3) is 5.69 Å². The minimum Gasteiger partial charge on any atom is -0.337 e. The van der Waals surface area contributed by atoms with E-state index in [-0.39, 0.29) is 0 Å². The molecule has 1 aromatic carbocycles. The van der Waals surface area contributed by atoms with Crippen molar-refractivity contribution in [1.29, 1.82) is 0 Å². The van der Waals surface area contributed by atoms with Gasteiger partial charge in [-0.3, -0.25) is 4.57 Å². The summed E-state index contributed by atoms with van der Waals surface area (Å²) >= 11 is 5.43. The maximum atomic E-state index is 5.43. The number of aromatic nitrogens is 3. The van der Waals surface area contributed by atoms with Gasteiger partial charge in [-0.2, -0.15) is 0 Å². The highest BCUT2D eigenvalue weighted by atomic mass is 32.1. The SMILES string of the molecule is CC1CN(C)CCCN1c1n[nH]c(=S)n1-c1ccccc1. The molecule has 6 heteroatoms. The summed E-state index contributed by atoms with van der Waals surface area (Å²) < 4.78 is 2.66. The van der Waals surface area contributed by atoms with Crippen LogP contribution in [0.5, 0.6) is 0 Å². The smallest absolute Gasteiger partial charge is 0.230 e.